The van der Waals surface area contributed by atoms with E-state index in [1.165, 1.54) is 0 Å². The molecule has 1 saturated carbocycles. The molecule has 8 nitrogen and oxygen atoms in total. The van der Waals surface area contributed by atoms with Gasteiger partial charge in [0.05, 0.1) is 11.8 Å². The Labute approximate surface area is 186 Å². The van der Waals surface area contributed by atoms with Crippen LogP contribution in [0.3, 0.4) is 0 Å². The van der Waals surface area contributed by atoms with Crippen LogP contribution in [0, 0.1) is 12.8 Å². The lowest BCUT2D eigenvalue weighted by atomic mass is 9.82. The van der Waals surface area contributed by atoms with Crippen LogP contribution in [0.5, 0.6) is 0 Å². The van der Waals surface area contributed by atoms with Crippen molar-refractivity contribution in [2.45, 2.75) is 38.5 Å². The Morgan fingerprint density at radius 2 is 1.97 bits per heavy atom. The Balaban J connectivity index is 1.18. The average Bonchev–Trinajstić information content (AvgIpc) is 3.43. The third-order valence-corrected chi connectivity index (χ3v) is 6.60. The summed E-state index contributed by atoms with van der Waals surface area (Å²) in [6.45, 7) is 2.68. The summed E-state index contributed by atoms with van der Waals surface area (Å²) in [6.07, 6.45) is 8.81. The van der Waals surface area contributed by atoms with E-state index in [-0.39, 0.29) is 11.8 Å². The van der Waals surface area contributed by atoms with Gasteiger partial charge in [0.15, 0.2) is 0 Å². The minimum atomic E-state index is 0.00642. The zero-order chi connectivity index (χ0) is 22.1. The van der Waals surface area contributed by atoms with Crippen molar-refractivity contribution in [1.29, 1.82) is 0 Å². The van der Waals surface area contributed by atoms with E-state index in [1.54, 1.807) is 18.6 Å². The fourth-order valence-corrected chi connectivity index (χ4v) is 4.66. The Morgan fingerprint density at radius 3 is 2.75 bits per heavy atom. The number of carbonyl (C=O) groups is 1. The smallest absolute Gasteiger partial charge is 0.267 e. The summed E-state index contributed by atoms with van der Waals surface area (Å²) in [7, 11) is 2.00. The van der Waals surface area contributed by atoms with Gasteiger partial charge in [-0.3, -0.25) is 9.78 Å². The van der Waals surface area contributed by atoms with Crippen molar-refractivity contribution in [1.82, 2.24) is 30.0 Å². The molecule has 0 bridgehead atoms. The van der Waals surface area contributed by atoms with Crippen LogP contribution < -0.4 is 5.32 Å². The van der Waals surface area contributed by atoms with Crippen molar-refractivity contribution in [3.8, 4) is 11.6 Å². The second-order valence-electron chi connectivity index (χ2n) is 8.50. The van der Waals surface area contributed by atoms with Crippen LogP contribution in [0.2, 0.25) is 0 Å². The maximum atomic E-state index is 13.0. The van der Waals surface area contributed by atoms with Crippen molar-refractivity contribution in [3.05, 3.63) is 60.0 Å². The van der Waals surface area contributed by atoms with Gasteiger partial charge in [0.1, 0.15) is 5.69 Å². The fourth-order valence-electron chi connectivity index (χ4n) is 4.66. The number of fused-ring (bicyclic) bond motifs is 1. The molecule has 5 rings (SSSR count). The number of aryl methyl sites for hydroxylation is 1. The van der Waals surface area contributed by atoms with E-state index in [2.05, 4.69) is 30.0 Å². The lowest BCUT2D eigenvalue weighted by Gasteiger charge is -2.26. The third-order valence-electron chi connectivity index (χ3n) is 6.60. The molecule has 1 fully saturated rings. The van der Waals surface area contributed by atoms with Crippen LogP contribution in [0.25, 0.3) is 22.5 Å². The van der Waals surface area contributed by atoms with Crippen molar-refractivity contribution in [3.63, 3.8) is 0 Å². The number of aromatic nitrogens is 5. The number of rotatable bonds is 5. The molecule has 32 heavy (non-hydrogen) atoms. The number of nitrogens with one attached hydrogen (secondary N) is 1. The lowest BCUT2D eigenvalue weighted by molar-refractivity contribution is 0.0943. The Morgan fingerprint density at radius 1 is 1.16 bits per heavy atom. The van der Waals surface area contributed by atoms with Gasteiger partial charge in [-0.05, 0) is 44.6 Å². The van der Waals surface area contributed by atoms with E-state index in [4.69, 9.17) is 4.42 Å². The van der Waals surface area contributed by atoms with Gasteiger partial charge in [-0.2, -0.15) is 0 Å². The quantitative estimate of drug-likeness (QED) is 0.513. The molecule has 1 amide bonds. The standard InChI is InChI=1S/C24H26N6O2/c1-15-21(18-5-3-4-6-20(18)30(15)2)22(31)27-13-16-7-9-17(10-8-16)23-28-29-24(32-23)19-14-25-11-12-26-19/h3-6,11-12,14,16-17H,7-10,13H2,1-2H3,(H,27,31). The van der Waals surface area contributed by atoms with E-state index < -0.39 is 0 Å². The highest BCUT2D eigenvalue weighted by molar-refractivity contribution is 6.08. The summed E-state index contributed by atoms with van der Waals surface area (Å²) in [5.74, 6) is 1.78. The molecular weight excluding hydrogens is 404 g/mol. The van der Waals surface area contributed by atoms with Crippen molar-refractivity contribution in [2.75, 3.05) is 6.54 Å². The number of para-hydroxylation sites is 1. The summed E-state index contributed by atoms with van der Waals surface area (Å²) in [6, 6.07) is 8.05. The Hall–Kier alpha value is -3.55. The van der Waals surface area contributed by atoms with Crippen LogP contribution in [0.4, 0.5) is 0 Å². The average molecular weight is 431 g/mol. The molecule has 3 heterocycles. The number of nitrogens with zero attached hydrogens (tertiary/aromatic N) is 5. The first kappa shape index (κ1) is 20.4. The van der Waals surface area contributed by atoms with Crippen LogP contribution in [0.1, 0.15) is 53.5 Å². The van der Waals surface area contributed by atoms with Crippen LogP contribution >= 0.6 is 0 Å². The largest absolute Gasteiger partial charge is 0.419 e. The highest BCUT2D eigenvalue weighted by Crippen LogP contribution is 2.35. The molecule has 0 saturated heterocycles. The van der Waals surface area contributed by atoms with Gasteiger partial charge in [0, 0.05) is 48.5 Å². The molecule has 164 valence electrons. The monoisotopic (exact) mass is 430 g/mol. The van der Waals surface area contributed by atoms with Crippen molar-refractivity contribution < 1.29 is 9.21 Å². The van der Waals surface area contributed by atoms with E-state index in [9.17, 15) is 4.79 Å². The van der Waals surface area contributed by atoms with Crippen molar-refractivity contribution in [2.24, 2.45) is 13.0 Å². The van der Waals surface area contributed by atoms with E-state index in [0.29, 0.717) is 29.9 Å². The third kappa shape index (κ3) is 3.77. The maximum absolute atomic E-state index is 13.0. The fraction of sp³-hybridized carbons (Fsp3) is 0.375. The molecular formula is C24H26N6O2. The highest BCUT2D eigenvalue weighted by Gasteiger charge is 2.27. The van der Waals surface area contributed by atoms with Crippen LogP contribution in [-0.2, 0) is 7.05 Å². The molecule has 0 spiro atoms. The maximum Gasteiger partial charge on any atom is 0.267 e. The number of carbonyl (C=O) groups excluding carboxylic acids is 1. The van der Waals surface area contributed by atoms with Crippen LogP contribution in [0.15, 0.2) is 47.3 Å². The molecule has 1 aromatic carbocycles. The number of amides is 1. The van der Waals surface area contributed by atoms with E-state index in [1.807, 2.05) is 38.2 Å². The van der Waals surface area contributed by atoms with Gasteiger partial charge in [-0.25, -0.2) is 4.98 Å². The molecule has 1 aliphatic carbocycles. The first-order chi connectivity index (χ1) is 15.6. The summed E-state index contributed by atoms with van der Waals surface area (Å²) < 4.78 is 7.94. The summed E-state index contributed by atoms with van der Waals surface area (Å²) in [4.78, 5) is 21.2. The minimum Gasteiger partial charge on any atom is -0.419 e. The normalized spacial score (nSPS) is 18.7. The number of hydrogen-bond acceptors (Lipinski definition) is 6. The SMILES string of the molecule is Cc1c(C(=O)NCC2CCC(c3nnc(-c4cnccn4)o3)CC2)c2ccccc2n1C. The van der Waals surface area contributed by atoms with E-state index >= 15 is 0 Å². The molecule has 4 aromatic rings. The van der Waals surface area contributed by atoms with Gasteiger partial charge >= 0.3 is 0 Å². The lowest BCUT2D eigenvalue weighted by Crippen LogP contribution is -2.31. The molecule has 0 aliphatic heterocycles. The number of benzene rings is 1. The van der Waals surface area contributed by atoms with Gasteiger partial charge < -0.3 is 14.3 Å². The number of hydrogen-bond donors (Lipinski definition) is 1. The van der Waals surface area contributed by atoms with Crippen molar-refractivity contribution >= 4 is 16.8 Å². The second kappa shape index (κ2) is 8.53. The predicted octanol–water partition coefficient (Wildman–Crippen LogP) is 4.03. The van der Waals surface area contributed by atoms with Gasteiger partial charge in [-0.15, -0.1) is 10.2 Å². The summed E-state index contributed by atoms with van der Waals surface area (Å²) in [5.41, 5.74) is 3.43. The molecule has 1 aliphatic rings. The predicted molar refractivity (Wildman–Crippen MR) is 120 cm³/mol. The molecule has 0 unspecified atom stereocenters. The second-order valence-corrected chi connectivity index (χ2v) is 8.50. The van der Waals surface area contributed by atoms with Crippen LogP contribution in [-0.4, -0.2) is 37.2 Å². The topological polar surface area (TPSA) is 98.7 Å². The Kier molecular flexibility index (Phi) is 5.43. The molecule has 0 radical (unpaired) electrons. The van der Waals surface area contributed by atoms with Gasteiger partial charge in [0.2, 0.25) is 5.89 Å². The minimum absolute atomic E-state index is 0.00642. The highest BCUT2D eigenvalue weighted by atomic mass is 16.4. The summed E-state index contributed by atoms with van der Waals surface area (Å²) in [5, 5.41) is 12.6. The van der Waals surface area contributed by atoms with Gasteiger partial charge in [-0.1, -0.05) is 18.2 Å². The zero-order valence-electron chi connectivity index (χ0n) is 18.3. The van der Waals surface area contributed by atoms with E-state index in [0.717, 1.165) is 47.8 Å². The molecule has 8 heteroatoms. The Bertz CT molecular complexity index is 1240. The van der Waals surface area contributed by atoms with Gasteiger partial charge in [0.25, 0.3) is 11.8 Å². The first-order valence-electron chi connectivity index (χ1n) is 11.0. The molecule has 1 N–H and O–H groups in total. The molecule has 0 atom stereocenters. The zero-order valence-corrected chi connectivity index (χ0v) is 18.3. The summed E-state index contributed by atoms with van der Waals surface area (Å²) >= 11 is 0. The first-order valence-corrected chi connectivity index (χ1v) is 11.0. The molecule has 3 aromatic heterocycles.